The minimum absolute atomic E-state index is 0.0787. The molecule has 0 N–H and O–H groups in total. The van der Waals surface area contributed by atoms with Gasteiger partial charge in [-0.15, -0.1) is 0 Å². The number of thiazole rings is 1. The van der Waals surface area contributed by atoms with E-state index in [1.165, 1.54) is 11.3 Å². The molecule has 18 heavy (non-hydrogen) atoms. The van der Waals surface area contributed by atoms with E-state index in [0.717, 1.165) is 29.4 Å². The summed E-state index contributed by atoms with van der Waals surface area (Å²) in [5, 5.41) is 0.922. The highest BCUT2D eigenvalue weighted by molar-refractivity contribution is 7.17. The number of ether oxygens (including phenoxy) is 1. The average Bonchev–Trinajstić information content (AvgIpc) is 2.84. The molecule has 0 aliphatic carbocycles. The number of carbonyl (C=O) groups excluding carboxylic acids is 1. The zero-order valence-corrected chi connectivity index (χ0v) is 12.4. The van der Waals surface area contributed by atoms with Crippen molar-refractivity contribution >= 4 is 22.3 Å². The first kappa shape index (κ1) is 15.1. The summed E-state index contributed by atoms with van der Waals surface area (Å²) in [7, 11) is 1.70. The summed E-state index contributed by atoms with van der Waals surface area (Å²) in [5.74, 6) is 0.0787. The van der Waals surface area contributed by atoms with Crippen LogP contribution in [0.3, 0.4) is 0 Å². The van der Waals surface area contributed by atoms with Crippen molar-refractivity contribution in [3.8, 4) is 0 Å². The Morgan fingerprint density at radius 3 is 2.61 bits per heavy atom. The number of rotatable bonds is 8. The van der Waals surface area contributed by atoms with E-state index in [1.54, 1.807) is 20.2 Å². The van der Waals surface area contributed by atoms with Crippen molar-refractivity contribution in [3.05, 3.63) is 11.1 Å². The van der Waals surface area contributed by atoms with E-state index in [0.29, 0.717) is 12.6 Å². The van der Waals surface area contributed by atoms with Gasteiger partial charge in [0, 0.05) is 26.6 Å². The number of nitrogens with zero attached hydrogens (tertiary/aromatic N) is 2. The minimum atomic E-state index is 0.0787. The molecular weight excluding hydrogens is 248 g/mol. The van der Waals surface area contributed by atoms with Crippen molar-refractivity contribution in [2.75, 3.05) is 25.2 Å². The molecule has 4 nitrogen and oxygen atoms in total. The maximum Gasteiger partial charge on any atom is 0.186 e. The van der Waals surface area contributed by atoms with Crippen LogP contribution in [-0.4, -0.2) is 37.1 Å². The molecule has 0 amide bonds. The van der Waals surface area contributed by atoms with Crippen LogP contribution in [0.25, 0.3) is 0 Å². The highest BCUT2D eigenvalue weighted by Crippen LogP contribution is 2.26. The lowest BCUT2D eigenvalue weighted by Crippen LogP contribution is -2.37. The molecule has 0 saturated heterocycles. The van der Waals surface area contributed by atoms with Crippen molar-refractivity contribution in [1.82, 2.24) is 4.98 Å². The Hall–Kier alpha value is -0.940. The molecule has 0 fully saturated rings. The van der Waals surface area contributed by atoms with Crippen molar-refractivity contribution < 1.29 is 9.53 Å². The first-order chi connectivity index (χ1) is 8.63. The van der Waals surface area contributed by atoms with Crippen LogP contribution in [0.4, 0.5) is 5.13 Å². The molecule has 0 radical (unpaired) electrons. The average molecular weight is 270 g/mol. The van der Waals surface area contributed by atoms with E-state index in [2.05, 4.69) is 23.7 Å². The Bertz CT molecular complexity index is 375. The Morgan fingerprint density at radius 2 is 2.17 bits per heavy atom. The van der Waals surface area contributed by atoms with Crippen molar-refractivity contribution in [2.45, 2.75) is 39.7 Å². The number of anilines is 1. The van der Waals surface area contributed by atoms with Crippen LogP contribution in [0.1, 0.15) is 43.3 Å². The molecule has 1 rings (SSSR count). The summed E-state index contributed by atoms with van der Waals surface area (Å²) in [6.45, 7) is 7.41. The lowest BCUT2D eigenvalue weighted by atomic mass is 10.1. The number of methoxy groups -OCH3 is 1. The van der Waals surface area contributed by atoms with Crippen LogP contribution < -0.4 is 4.90 Å². The SMILES string of the molecule is CCC(CC)N(CCOC)c1ncc(C(C)=O)s1. The predicted octanol–water partition coefficient (Wildman–Crippen LogP) is 2.99. The van der Waals surface area contributed by atoms with Gasteiger partial charge < -0.3 is 9.64 Å². The maximum atomic E-state index is 11.3. The van der Waals surface area contributed by atoms with Crippen LogP contribution in [0.5, 0.6) is 0 Å². The quantitative estimate of drug-likeness (QED) is 0.681. The van der Waals surface area contributed by atoms with Gasteiger partial charge in [0.05, 0.1) is 17.7 Å². The van der Waals surface area contributed by atoms with Gasteiger partial charge in [0.2, 0.25) is 0 Å². The summed E-state index contributed by atoms with van der Waals surface area (Å²) < 4.78 is 5.16. The largest absolute Gasteiger partial charge is 0.383 e. The Kier molecular flexibility index (Phi) is 6.29. The highest BCUT2D eigenvalue weighted by atomic mass is 32.1. The molecule has 0 saturated carbocycles. The van der Waals surface area contributed by atoms with Crippen LogP contribution in [0.15, 0.2) is 6.20 Å². The van der Waals surface area contributed by atoms with Crippen LogP contribution in [0, 0.1) is 0 Å². The van der Waals surface area contributed by atoms with E-state index in [1.807, 2.05) is 0 Å². The van der Waals surface area contributed by atoms with E-state index >= 15 is 0 Å². The summed E-state index contributed by atoms with van der Waals surface area (Å²) in [6.07, 6.45) is 3.80. The second kappa shape index (κ2) is 7.48. The molecule has 0 spiro atoms. The van der Waals surface area contributed by atoms with Gasteiger partial charge in [-0.25, -0.2) is 4.98 Å². The van der Waals surface area contributed by atoms with Crippen LogP contribution >= 0.6 is 11.3 Å². The zero-order valence-electron chi connectivity index (χ0n) is 11.6. The number of Topliss-reactive ketones (excluding diaryl/α,β-unsaturated/α-hetero) is 1. The topological polar surface area (TPSA) is 42.4 Å². The molecule has 5 heteroatoms. The first-order valence-electron chi connectivity index (χ1n) is 6.36. The molecule has 0 atom stereocenters. The highest BCUT2D eigenvalue weighted by Gasteiger charge is 2.19. The van der Waals surface area contributed by atoms with Gasteiger partial charge in [0.15, 0.2) is 10.9 Å². The smallest absolute Gasteiger partial charge is 0.186 e. The number of hydrogen-bond donors (Lipinski definition) is 0. The summed E-state index contributed by atoms with van der Waals surface area (Å²) in [6, 6.07) is 0.450. The molecule has 0 aliphatic rings. The number of aromatic nitrogens is 1. The third-order valence-corrected chi connectivity index (χ3v) is 4.14. The summed E-state index contributed by atoms with van der Waals surface area (Å²) in [4.78, 5) is 18.7. The molecule has 1 aromatic heterocycles. The second-order valence-corrected chi connectivity index (χ2v) is 5.23. The monoisotopic (exact) mass is 270 g/mol. The standard InChI is InChI=1S/C13H22N2O2S/c1-5-11(6-2)15(7-8-17-4)13-14-9-12(18-13)10(3)16/h9,11H,5-8H2,1-4H3. The molecular formula is C13H22N2O2S. The Labute approximate surface area is 113 Å². The first-order valence-corrected chi connectivity index (χ1v) is 7.18. The summed E-state index contributed by atoms with van der Waals surface area (Å²) in [5.41, 5.74) is 0. The molecule has 1 aromatic rings. The fourth-order valence-electron chi connectivity index (χ4n) is 1.91. The van der Waals surface area contributed by atoms with Gasteiger partial charge in [-0.2, -0.15) is 0 Å². The molecule has 1 heterocycles. The lowest BCUT2D eigenvalue weighted by molar-refractivity contribution is 0.102. The maximum absolute atomic E-state index is 11.3. The predicted molar refractivity (Wildman–Crippen MR) is 75.7 cm³/mol. The van der Waals surface area contributed by atoms with Crippen molar-refractivity contribution in [1.29, 1.82) is 0 Å². The molecule has 0 bridgehead atoms. The molecule has 0 aliphatic heterocycles. The fraction of sp³-hybridized carbons (Fsp3) is 0.692. The van der Waals surface area contributed by atoms with Gasteiger partial charge >= 0.3 is 0 Å². The van der Waals surface area contributed by atoms with E-state index in [-0.39, 0.29) is 5.78 Å². The molecule has 0 aromatic carbocycles. The minimum Gasteiger partial charge on any atom is -0.383 e. The van der Waals surface area contributed by atoms with Crippen LogP contribution in [0.2, 0.25) is 0 Å². The molecule has 102 valence electrons. The third kappa shape index (κ3) is 3.78. The fourth-order valence-corrected chi connectivity index (χ4v) is 2.82. The third-order valence-electron chi connectivity index (χ3n) is 3.01. The summed E-state index contributed by atoms with van der Waals surface area (Å²) >= 11 is 1.47. The van der Waals surface area contributed by atoms with Gasteiger partial charge in [0.1, 0.15) is 0 Å². The Morgan fingerprint density at radius 1 is 1.50 bits per heavy atom. The van der Waals surface area contributed by atoms with Gasteiger partial charge in [-0.3, -0.25) is 4.79 Å². The van der Waals surface area contributed by atoms with Gasteiger partial charge in [-0.1, -0.05) is 25.2 Å². The van der Waals surface area contributed by atoms with Gasteiger partial charge in [0.25, 0.3) is 0 Å². The number of ketones is 1. The zero-order chi connectivity index (χ0) is 13.5. The van der Waals surface area contributed by atoms with E-state index in [9.17, 15) is 4.79 Å². The van der Waals surface area contributed by atoms with Crippen molar-refractivity contribution in [2.24, 2.45) is 0 Å². The van der Waals surface area contributed by atoms with Crippen LogP contribution in [-0.2, 0) is 4.74 Å². The Balaban J connectivity index is 2.89. The normalized spacial score (nSPS) is 10.9. The van der Waals surface area contributed by atoms with E-state index in [4.69, 9.17) is 4.74 Å². The van der Waals surface area contributed by atoms with Gasteiger partial charge in [-0.05, 0) is 12.8 Å². The number of hydrogen-bond acceptors (Lipinski definition) is 5. The van der Waals surface area contributed by atoms with Crippen molar-refractivity contribution in [3.63, 3.8) is 0 Å². The second-order valence-electron chi connectivity index (χ2n) is 4.22. The lowest BCUT2D eigenvalue weighted by Gasteiger charge is -2.29. The number of carbonyl (C=O) groups is 1. The molecule has 0 unspecified atom stereocenters. The van der Waals surface area contributed by atoms with E-state index < -0.39 is 0 Å².